The molecular weight excluding hydrogens is 230 g/mol. The lowest BCUT2D eigenvalue weighted by Gasteiger charge is -2.36. The van der Waals surface area contributed by atoms with Crippen LogP contribution in [0.2, 0.25) is 0 Å². The molecule has 1 aromatic rings. The number of morpholine rings is 1. The van der Waals surface area contributed by atoms with Gasteiger partial charge in [0.15, 0.2) is 6.10 Å². The fraction of sp³-hybridized carbons (Fsp3) is 0.500. The zero-order valence-electron chi connectivity index (χ0n) is 10.6. The maximum atomic E-state index is 12.3. The number of aliphatic hydroxyl groups excluding tert-OH is 1. The summed E-state index contributed by atoms with van der Waals surface area (Å²) in [6.45, 7) is 3.68. The number of carbonyl (C=O) groups excluding carboxylic acids is 1. The molecule has 1 fully saturated rings. The lowest BCUT2D eigenvalue weighted by Crippen LogP contribution is -2.50. The van der Waals surface area contributed by atoms with Crippen molar-refractivity contribution in [3.05, 3.63) is 35.9 Å². The quantitative estimate of drug-likeness (QED) is 0.880. The van der Waals surface area contributed by atoms with Crippen LogP contribution >= 0.6 is 0 Å². The Kier molecular flexibility index (Phi) is 4.33. The topological polar surface area (TPSA) is 49.8 Å². The maximum absolute atomic E-state index is 12.3. The molecule has 1 saturated heterocycles. The number of hydrogen-bond acceptors (Lipinski definition) is 3. The molecule has 2 rings (SSSR count). The van der Waals surface area contributed by atoms with Gasteiger partial charge in [0, 0.05) is 6.54 Å². The minimum atomic E-state index is -1.07. The number of amides is 1. The monoisotopic (exact) mass is 249 g/mol. The molecule has 0 aliphatic carbocycles. The SMILES string of the molecule is CC[C@H]1COCCN1C(=O)[C@H](O)c1ccccc1. The average molecular weight is 249 g/mol. The number of aliphatic hydroxyl groups is 1. The molecule has 1 aliphatic rings. The van der Waals surface area contributed by atoms with Crippen LogP contribution in [0.4, 0.5) is 0 Å². The standard InChI is InChI=1S/C14H19NO3/c1-2-12-10-18-9-8-15(12)14(17)13(16)11-6-4-3-5-7-11/h3-7,12-13,16H,2,8-10H2,1H3/t12-,13+/m0/s1. The Morgan fingerprint density at radius 1 is 1.50 bits per heavy atom. The molecule has 1 aliphatic heterocycles. The normalized spacial score (nSPS) is 21.7. The van der Waals surface area contributed by atoms with E-state index in [2.05, 4.69) is 0 Å². The molecule has 0 spiro atoms. The van der Waals surface area contributed by atoms with E-state index >= 15 is 0 Å². The molecule has 0 aromatic heterocycles. The van der Waals surface area contributed by atoms with Crippen molar-refractivity contribution >= 4 is 5.91 Å². The van der Waals surface area contributed by atoms with Gasteiger partial charge in [-0.1, -0.05) is 37.3 Å². The van der Waals surface area contributed by atoms with E-state index in [4.69, 9.17) is 4.74 Å². The molecule has 98 valence electrons. The van der Waals surface area contributed by atoms with Crippen molar-refractivity contribution in [2.45, 2.75) is 25.5 Å². The van der Waals surface area contributed by atoms with E-state index in [1.165, 1.54) is 0 Å². The van der Waals surface area contributed by atoms with Crippen molar-refractivity contribution in [1.29, 1.82) is 0 Å². The molecule has 0 radical (unpaired) electrons. The van der Waals surface area contributed by atoms with Gasteiger partial charge in [-0.05, 0) is 12.0 Å². The molecule has 0 bridgehead atoms. The number of benzene rings is 1. The van der Waals surface area contributed by atoms with Crippen LogP contribution in [-0.4, -0.2) is 41.7 Å². The van der Waals surface area contributed by atoms with E-state index in [9.17, 15) is 9.90 Å². The number of rotatable bonds is 3. The molecule has 0 saturated carbocycles. The van der Waals surface area contributed by atoms with Crippen molar-refractivity contribution in [3.8, 4) is 0 Å². The van der Waals surface area contributed by atoms with Crippen LogP contribution in [-0.2, 0) is 9.53 Å². The second-order valence-electron chi connectivity index (χ2n) is 4.48. The van der Waals surface area contributed by atoms with Gasteiger partial charge >= 0.3 is 0 Å². The van der Waals surface area contributed by atoms with Crippen LogP contribution in [0.5, 0.6) is 0 Å². The van der Waals surface area contributed by atoms with Crippen LogP contribution < -0.4 is 0 Å². The van der Waals surface area contributed by atoms with Crippen LogP contribution in [0, 0.1) is 0 Å². The van der Waals surface area contributed by atoms with E-state index in [0.717, 1.165) is 6.42 Å². The number of hydrogen-bond donors (Lipinski definition) is 1. The van der Waals surface area contributed by atoms with Gasteiger partial charge in [-0.15, -0.1) is 0 Å². The third-order valence-electron chi connectivity index (χ3n) is 3.33. The van der Waals surface area contributed by atoms with Crippen LogP contribution in [0.3, 0.4) is 0 Å². The second kappa shape index (κ2) is 5.98. The molecule has 1 heterocycles. The highest BCUT2D eigenvalue weighted by Gasteiger charge is 2.30. The lowest BCUT2D eigenvalue weighted by molar-refractivity contribution is -0.149. The van der Waals surface area contributed by atoms with Crippen LogP contribution in [0.1, 0.15) is 25.0 Å². The van der Waals surface area contributed by atoms with Gasteiger partial charge in [-0.25, -0.2) is 0 Å². The smallest absolute Gasteiger partial charge is 0.256 e. The first-order valence-corrected chi connectivity index (χ1v) is 6.35. The molecule has 0 unspecified atom stereocenters. The minimum Gasteiger partial charge on any atom is -0.378 e. The number of carbonyl (C=O) groups is 1. The summed E-state index contributed by atoms with van der Waals surface area (Å²) < 4.78 is 5.36. The lowest BCUT2D eigenvalue weighted by atomic mass is 10.1. The molecule has 1 amide bonds. The summed E-state index contributed by atoms with van der Waals surface area (Å²) in [6.07, 6.45) is -0.230. The highest BCUT2D eigenvalue weighted by Crippen LogP contribution is 2.19. The molecule has 4 heteroatoms. The van der Waals surface area contributed by atoms with Crippen molar-refractivity contribution < 1.29 is 14.6 Å². The minimum absolute atomic E-state index is 0.0737. The first-order valence-electron chi connectivity index (χ1n) is 6.35. The third-order valence-corrected chi connectivity index (χ3v) is 3.33. The predicted molar refractivity (Wildman–Crippen MR) is 68.0 cm³/mol. The summed E-state index contributed by atoms with van der Waals surface area (Å²) >= 11 is 0. The van der Waals surface area contributed by atoms with Crippen molar-refractivity contribution in [1.82, 2.24) is 4.90 Å². The van der Waals surface area contributed by atoms with E-state index in [1.807, 2.05) is 25.1 Å². The summed E-state index contributed by atoms with van der Waals surface area (Å²) in [5.74, 6) is -0.226. The number of ether oxygens (including phenoxy) is 1. The summed E-state index contributed by atoms with van der Waals surface area (Å²) in [5.41, 5.74) is 0.642. The predicted octanol–water partition coefficient (Wildman–Crippen LogP) is 1.36. The van der Waals surface area contributed by atoms with Gasteiger partial charge in [-0.3, -0.25) is 4.79 Å². The summed E-state index contributed by atoms with van der Waals surface area (Å²) in [4.78, 5) is 14.0. The van der Waals surface area contributed by atoms with E-state index < -0.39 is 6.10 Å². The third kappa shape index (κ3) is 2.71. The Labute approximate surface area is 107 Å². The molecule has 1 N–H and O–H groups in total. The maximum Gasteiger partial charge on any atom is 0.256 e. The Bertz CT molecular complexity index is 393. The Morgan fingerprint density at radius 2 is 2.22 bits per heavy atom. The fourth-order valence-electron chi connectivity index (χ4n) is 2.22. The van der Waals surface area contributed by atoms with Crippen molar-refractivity contribution in [2.75, 3.05) is 19.8 Å². The highest BCUT2D eigenvalue weighted by atomic mass is 16.5. The summed E-state index contributed by atoms with van der Waals surface area (Å²) in [7, 11) is 0. The largest absolute Gasteiger partial charge is 0.378 e. The molecule has 1 aromatic carbocycles. The zero-order valence-corrected chi connectivity index (χ0v) is 10.6. The van der Waals surface area contributed by atoms with Crippen LogP contribution in [0.15, 0.2) is 30.3 Å². The molecule has 18 heavy (non-hydrogen) atoms. The molecule has 2 atom stereocenters. The van der Waals surface area contributed by atoms with Gasteiger partial charge in [-0.2, -0.15) is 0 Å². The van der Waals surface area contributed by atoms with Gasteiger partial charge in [0.1, 0.15) is 0 Å². The highest BCUT2D eigenvalue weighted by molar-refractivity contribution is 5.82. The van der Waals surface area contributed by atoms with Crippen molar-refractivity contribution in [2.24, 2.45) is 0 Å². The Morgan fingerprint density at radius 3 is 2.89 bits per heavy atom. The Balaban J connectivity index is 2.10. The summed E-state index contributed by atoms with van der Waals surface area (Å²) in [5, 5.41) is 10.1. The first kappa shape index (κ1) is 13.1. The van der Waals surface area contributed by atoms with Gasteiger partial charge in [0.25, 0.3) is 5.91 Å². The van der Waals surface area contributed by atoms with Crippen LogP contribution in [0.25, 0.3) is 0 Å². The van der Waals surface area contributed by atoms with Gasteiger partial charge in [0.2, 0.25) is 0 Å². The van der Waals surface area contributed by atoms with Gasteiger partial charge < -0.3 is 14.7 Å². The molecular formula is C14H19NO3. The van der Waals surface area contributed by atoms with E-state index in [-0.39, 0.29) is 11.9 Å². The average Bonchev–Trinajstić information content (AvgIpc) is 2.46. The van der Waals surface area contributed by atoms with E-state index in [1.54, 1.807) is 17.0 Å². The van der Waals surface area contributed by atoms with E-state index in [0.29, 0.717) is 25.3 Å². The second-order valence-corrected chi connectivity index (χ2v) is 4.48. The Hall–Kier alpha value is -1.39. The number of nitrogens with zero attached hydrogens (tertiary/aromatic N) is 1. The zero-order chi connectivity index (χ0) is 13.0. The molecule has 4 nitrogen and oxygen atoms in total. The summed E-state index contributed by atoms with van der Waals surface area (Å²) in [6, 6.07) is 9.12. The van der Waals surface area contributed by atoms with Gasteiger partial charge in [0.05, 0.1) is 19.3 Å². The first-order chi connectivity index (χ1) is 8.74. The van der Waals surface area contributed by atoms with Crippen molar-refractivity contribution in [3.63, 3.8) is 0 Å². The fourth-order valence-corrected chi connectivity index (χ4v) is 2.22.